The molecule has 0 aromatic carbocycles. The van der Waals surface area contributed by atoms with E-state index in [1.54, 1.807) is 0 Å². The van der Waals surface area contributed by atoms with E-state index in [-0.39, 0.29) is 5.91 Å². The van der Waals surface area contributed by atoms with Gasteiger partial charge >= 0.3 is 0 Å². The Hall–Kier alpha value is -1.40. The van der Waals surface area contributed by atoms with Crippen molar-refractivity contribution in [1.82, 2.24) is 19.6 Å². The lowest BCUT2D eigenvalue weighted by Gasteiger charge is -2.26. The molecular formula is C18H30N4O2. The molecule has 0 spiro atoms. The Morgan fingerprint density at radius 2 is 1.96 bits per heavy atom. The van der Waals surface area contributed by atoms with E-state index in [2.05, 4.69) is 30.8 Å². The zero-order valence-electron chi connectivity index (χ0n) is 15.3. The Balaban J connectivity index is 1.67. The topological polar surface area (TPSA) is 50.6 Å². The Morgan fingerprint density at radius 3 is 2.67 bits per heavy atom. The van der Waals surface area contributed by atoms with Crippen LogP contribution >= 0.6 is 0 Å². The number of morpholine rings is 1. The average Bonchev–Trinajstić information content (AvgIpc) is 2.85. The highest BCUT2D eigenvalue weighted by molar-refractivity contribution is 5.92. The van der Waals surface area contributed by atoms with Crippen LogP contribution in [-0.2, 0) is 17.8 Å². The van der Waals surface area contributed by atoms with E-state index in [9.17, 15) is 4.79 Å². The van der Waals surface area contributed by atoms with Crippen molar-refractivity contribution < 1.29 is 9.53 Å². The van der Waals surface area contributed by atoms with Gasteiger partial charge in [-0.15, -0.1) is 0 Å². The Labute approximate surface area is 144 Å². The van der Waals surface area contributed by atoms with Gasteiger partial charge in [-0.1, -0.05) is 20.8 Å². The number of carbonyl (C=O) groups excluding carboxylic acids is 1. The lowest BCUT2D eigenvalue weighted by molar-refractivity contribution is 0.0298. The van der Waals surface area contributed by atoms with Crippen molar-refractivity contribution in [2.45, 2.75) is 46.7 Å². The van der Waals surface area contributed by atoms with Crippen molar-refractivity contribution in [1.29, 1.82) is 0 Å². The minimum absolute atomic E-state index is 0.0418. The van der Waals surface area contributed by atoms with Crippen LogP contribution in [0.2, 0.25) is 0 Å². The minimum Gasteiger partial charge on any atom is -0.378 e. The van der Waals surface area contributed by atoms with Gasteiger partial charge in [0.15, 0.2) is 5.69 Å². The Bertz CT molecular complexity index is 570. The molecule has 0 bridgehead atoms. The van der Waals surface area contributed by atoms with E-state index >= 15 is 0 Å². The van der Waals surface area contributed by atoms with Crippen LogP contribution in [0.1, 0.15) is 49.8 Å². The summed E-state index contributed by atoms with van der Waals surface area (Å²) in [7, 11) is 0. The maximum Gasteiger partial charge on any atom is 0.274 e. The van der Waals surface area contributed by atoms with Gasteiger partial charge in [0.1, 0.15) is 0 Å². The zero-order chi connectivity index (χ0) is 17.2. The number of aromatic nitrogens is 2. The summed E-state index contributed by atoms with van der Waals surface area (Å²) in [5.41, 5.74) is 2.10. The molecule has 6 nitrogen and oxygen atoms in total. The summed E-state index contributed by atoms with van der Waals surface area (Å²) in [5.74, 6) is 0.0418. The van der Waals surface area contributed by atoms with E-state index < -0.39 is 0 Å². The highest BCUT2D eigenvalue weighted by Gasteiger charge is 2.24. The molecule has 0 unspecified atom stereocenters. The molecule has 6 heteroatoms. The quantitative estimate of drug-likeness (QED) is 0.848. The molecule has 0 atom stereocenters. The summed E-state index contributed by atoms with van der Waals surface area (Å²) in [6.07, 6.45) is 2.27. The van der Waals surface area contributed by atoms with Crippen molar-refractivity contribution >= 4 is 5.91 Å². The van der Waals surface area contributed by atoms with Gasteiger partial charge in [0.05, 0.1) is 18.9 Å². The van der Waals surface area contributed by atoms with Crippen molar-refractivity contribution in [3.05, 3.63) is 17.5 Å². The van der Waals surface area contributed by atoms with E-state index in [1.807, 2.05) is 15.6 Å². The van der Waals surface area contributed by atoms with Gasteiger partial charge in [-0.3, -0.25) is 14.4 Å². The first kappa shape index (κ1) is 17.4. The third-order valence-corrected chi connectivity index (χ3v) is 4.79. The molecule has 1 aromatic heterocycles. The maximum absolute atomic E-state index is 12.6. The monoisotopic (exact) mass is 334 g/mol. The number of nitrogens with zero attached hydrogens (tertiary/aromatic N) is 4. The number of amides is 1. The lowest BCUT2D eigenvalue weighted by Crippen LogP contribution is -2.40. The van der Waals surface area contributed by atoms with Gasteiger partial charge in [-0.05, 0) is 30.9 Å². The van der Waals surface area contributed by atoms with Gasteiger partial charge in [0.25, 0.3) is 5.91 Å². The molecule has 2 aliphatic rings. The third kappa shape index (κ3) is 4.36. The fourth-order valence-electron chi connectivity index (χ4n) is 3.25. The summed E-state index contributed by atoms with van der Waals surface area (Å²) >= 11 is 0. The first-order valence-corrected chi connectivity index (χ1v) is 9.08. The van der Waals surface area contributed by atoms with Crippen LogP contribution < -0.4 is 0 Å². The second-order valence-electron chi connectivity index (χ2n) is 8.09. The summed E-state index contributed by atoms with van der Waals surface area (Å²) in [5, 5.41) is 4.59. The first-order chi connectivity index (χ1) is 11.4. The number of ether oxygens (including phenoxy) is 1. The highest BCUT2D eigenvalue weighted by Crippen LogP contribution is 2.21. The number of carbonyl (C=O) groups is 1. The molecule has 1 fully saturated rings. The third-order valence-electron chi connectivity index (χ3n) is 4.79. The van der Waals surface area contributed by atoms with E-state index in [0.717, 1.165) is 38.3 Å². The number of fused-ring (bicyclic) bond motifs is 1. The summed E-state index contributed by atoms with van der Waals surface area (Å²) < 4.78 is 7.36. The summed E-state index contributed by atoms with van der Waals surface area (Å²) in [6.45, 7) is 13.4. The van der Waals surface area contributed by atoms with Crippen LogP contribution in [0.15, 0.2) is 6.07 Å². The lowest BCUT2D eigenvalue weighted by atomic mass is 9.92. The van der Waals surface area contributed by atoms with Gasteiger partial charge in [-0.2, -0.15) is 5.10 Å². The second kappa shape index (κ2) is 7.23. The molecule has 24 heavy (non-hydrogen) atoms. The summed E-state index contributed by atoms with van der Waals surface area (Å²) in [4.78, 5) is 17.0. The van der Waals surface area contributed by atoms with Crippen LogP contribution in [0.4, 0.5) is 0 Å². The van der Waals surface area contributed by atoms with Crippen LogP contribution in [0.3, 0.4) is 0 Å². The Kier molecular flexibility index (Phi) is 5.25. The van der Waals surface area contributed by atoms with Gasteiger partial charge < -0.3 is 9.64 Å². The van der Waals surface area contributed by atoms with Gasteiger partial charge in [-0.25, -0.2) is 0 Å². The first-order valence-electron chi connectivity index (χ1n) is 9.08. The van der Waals surface area contributed by atoms with E-state index in [4.69, 9.17) is 4.74 Å². The van der Waals surface area contributed by atoms with Crippen LogP contribution in [0.5, 0.6) is 0 Å². The molecule has 3 heterocycles. The number of hydrogen-bond acceptors (Lipinski definition) is 4. The molecule has 0 saturated carbocycles. The van der Waals surface area contributed by atoms with Crippen molar-refractivity contribution in [2.24, 2.45) is 5.41 Å². The maximum atomic E-state index is 12.6. The normalized spacial score (nSPS) is 19.9. The van der Waals surface area contributed by atoms with Gasteiger partial charge in [0.2, 0.25) is 0 Å². The van der Waals surface area contributed by atoms with E-state index in [1.165, 1.54) is 6.42 Å². The predicted octanol–water partition coefficient (Wildman–Crippen LogP) is 2.00. The highest BCUT2D eigenvalue weighted by atomic mass is 16.5. The Morgan fingerprint density at radius 1 is 1.21 bits per heavy atom. The standard InChI is InChI=1S/C18H30N4O2/c1-18(2,3)5-8-20-6-4-7-22-15(14-20)13-16(19-22)17(23)21-9-11-24-12-10-21/h13H,4-12,14H2,1-3H3. The number of aryl methyl sites for hydroxylation is 1. The molecule has 134 valence electrons. The molecular weight excluding hydrogens is 304 g/mol. The molecule has 0 N–H and O–H groups in total. The second-order valence-corrected chi connectivity index (χ2v) is 8.09. The molecule has 1 aromatic rings. The van der Waals surface area contributed by atoms with Crippen molar-refractivity contribution in [3.63, 3.8) is 0 Å². The largest absolute Gasteiger partial charge is 0.378 e. The fraction of sp³-hybridized carbons (Fsp3) is 0.778. The zero-order valence-corrected chi connectivity index (χ0v) is 15.3. The molecule has 1 amide bonds. The molecule has 0 radical (unpaired) electrons. The number of hydrogen-bond donors (Lipinski definition) is 0. The van der Waals surface area contributed by atoms with E-state index in [0.29, 0.717) is 37.4 Å². The molecule has 3 rings (SSSR count). The number of rotatable bonds is 3. The van der Waals surface area contributed by atoms with Crippen LogP contribution in [0, 0.1) is 5.41 Å². The smallest absolute Gasteiger partial charge is 0.274 e. The molecule has 1 saturated heterocycles. The summed E-state index contributed by atoms with van der Waals surface area (Å²) in [6, 6.07) is 1.99. The van der Waals surface area contributed by atoms with Gasteiger partial charge in [0, 0.05) is 32.7 Å². The fourth-order valence-corrected chi connectivity index (χ4v) is 3.25. The minimum atomic E-state index is 0.0418. The SMILES string of the molecule is CC(C)(C)CCN1CCCn2nc(C(=O)N3CCOCC3)cc2C1. The van der Waals surface area contributed by atoms with Crippen molar-refractivity contribution in [2.75, 3.05) is 39.4 Å². The predicted molar refractivity (Wildman–Crippen MR) is 92.9 cm³/mol. The molecule has 0 aliphatic carbocycles. The van der Waals surface area contributed by atoms with Crippen LogP contribution in [-0.4, -0.2) is 64.9 Å². The average molecular weight is 334 g/mol. The van der Waals surface area contributed by atoms with Crippen molar-refractivity contribution in [3.8, 4) is 0 Å². The van der Waals surface area contributed by atoms with Crippen LogP contribution in [0.25, 0.3) is 0 Å². The molecule has 2 aliphatic heterocycles.